The molecule has 0 bridgehead atoms. The summed E-state index contributed by atoms with van der Waals surface area (Å²) < 4.78 is 31.5. The van der Waals surface area contributed by atoms with Crippen LogP contribution < -0.4 is 4.72 Å². The summed E-state index contributed by atoms with van der Waals surface area (Å²) in [5.74, 6) is 1.57. The van der Waals surface area contributed by atoms with Gasteiger partial charge in [-0.1, -0.05) is 6.92 Å². The zero-order valence-electron chi connectivity index (χ0n) is 12.0. The first-order valence-electron chi connectivity index (χ1n) is 7.23. The number of rotatable bonds is 6. The van der Waals surface area contributed by atoms with Crippen LogP contribution in [-0.2, 0) is 21.4 Å². The molecule has 2 atom stereocenters. The van der Waals surface area contributed by atoms with Gasteiger partial charge >= 0.3 is 0 Å². The highest BCUT2D eigenvalue weighted by Gasteiger charge is 2.45. The summed E-state index contributed by atoms with van der Waals surface area (Å²) in [7, 11) is -3.33. The Morgan fingerprint density at radius 2 is 2.19 bits per heavy atom. The van der Waals surface area contributed by atoms with Crippen LogP contribution in [0.4, 0.5) is 0 Å². The van der Waals surface area contributed by atoms with Gasteiger partial charge in [0.05, 0.1) is 18.6 Å². The first-order valence-corrected chi connectivity index (χ1v) is 8.88. The van der Waals surface area contributed by atoms with E-state index in [9.17, 15) is 13.2 Å². The van der Waals surface area contributed by atoms with Crippen molar-refractivity contribution in [3.8, 4) is 0 Å². The van der Waals surface area contributed by atoms with Crippen molar-refractivity contribution >= 4 is 15.9 Å². The predicted octanol–water partition coefficient (Wildman–Crippen LogP) is 0.813. The van der Waals surface area contributed by atoms with Gasteiger partial charge in [-0.25, -0.2) is 13.1 Å². The van der Waals surface area contributed by atoms with Crippen LogP contribution in [-0.4, -0.2) is 38.1 Å². The van der Waals surface area contributed by atoms with Crippen molar-refractivity contribution in [2.24, 2.45) is 17.8 Å². The number of sulfonamides is 1. The highest BCUT2D eigenvalue weighted by Crippen LogP contribution is 2.40. The highest BCUT2D eigenvalue weighted by molar-refractivity contribution is 7.89. The Kier molecular flexibility index (Phi) is 3.79. The Labute approximate surface area is 124 Å². The number of hydrogen-bond acceptors (Lipinski definition) is 4. The molecule has 0 spiro atoms. The van der Waals surface area contributed by atoms with Crippen molar-refractivity contribution in [3.63, 3.8) is 0 Å². The van der Waals surface area contributed by atoms with E-state index in [2.05, 4.69) is 11.6 Å². The maximum atomic E-state index is 11.9. The summed E-state index contributed by atoms with van der Waals surface area (Å²) in [6.45, 7) is 3.36. The van der Waals surface area contributed by atoms with Crippen LogP contribution in [0.2, 0.25) is 0 Å². The number of nitrogens with one attached hydrogen (secondary N) is 1. The Hall–Kier alpha value is -1.34. The van der Waals surface area contributed by atoms with Crippen LogP contribution in [0.1, 0.15) is 19.1 Å². The summed E-state index contributed by atoms with van der Waals surface area (Å²) in [6.07, 6.45) is 2.49. The van der Waals surface area contributed by atoms with Gasteiger partial charge in [-0.15, -0.1) is 0 Å². The smallest absolute Gasteiger partial charge is 0.225 e. The van der Waals surface area contributed by atoms with Crippen LogP contribution in [0.25, 0.3) is 0 Å². The standard InChI is InChI=1S/C14H20N2O4S/c1-10-5-13(10)14(17)16-7-11(8-16)9-21(18,19)15-6-12-3-2-4-20-12/h2-4,10-11,13,15H,5-9H2,1H3/t10-,13-/m1/s1. The molecular weight excluding hydrogens is 292 g/mol. The van der Waals surface area contributed by atoms with Crippen molar-refractivity contribution in [2.45, 2.75) is 19.9 Å². The van der Waals surface area contributed by atoms with Crippen molar-refractivity contribution in [3.05, 3.63) is 24.2 Å². The Morgan fingerprint density at radius 1 is 1.48 bits per heavy atom. The van der Waals surface area contributed by atoms with Gasteiger partial charge in [0.15, 0.2) is 0 Å². The van der Waals surface area contributed by atoms with E-state index in [4.69, 9.17) is 4.42 Å². The first kappa shape index (κ1) is 14.6. The van der Waals surface area contributed by atoms with E-state index in [1.165, 1.54) is 6.26 Å². The van der Waals surface area contributed by atoms with Gasteiger partial charge in [0.25, 0.3) is 0 Å². The van der Waals surface area contributed by atoms with Gasteiger partial charge in [-0.2, -0.15) is 0 Å². The third-order valence-corrected chi connectivity index (χ3v) is 5.69. The van der Waals surface area contributed by atoms with E-state index in [0.29, 0.717) is 24.8 Å². The summed E-state index contributed by atoms with van der Waals surface area (Å²) in [5.41, 5.74) is 0. The Balaban J connectivity index is 1.42. The van der Waals surface area contributed by atoms with E-state index >= 15 is 0 Å². The van der Waals surface area contributed by atoms with E-state index < -0.39 is 10.0 Å². The Morgan fingerprint density at radius 3 is 2.76 bits per heavy atom. The molecule has 1 saturated heterocycles. The number of furan rings is 1. The van der Waals surface area contributed by atoms with E-state index in [0.717, 1.165) is 6.42 Å². The molecule has 1 aliphatic carbocycles. The largest absolute Gasteiger partial charge is 0.468 e. The fraction of sp³-hybridized carbons (Fsp3) is 0.643. The molecule has 1 amide bonds. The van der Waals surface area contributed by atoms with Gasteiger partial charge in [0.2, 0.25) is 15.9 Å². The fourth-order valence-electron chi connectivity index (χ4n) is 2.72. The molecule has 21 heavy (non-hydrogen) atoms. The van der Waals surface area contributed by atoms with Gasteiger partial charge < -0.3 is 9.32 Å². The molecule has 1 N–H and O–H groups in total. The molecule has 2 heterocycles. The van der Waals surface area contributed by atoms with Crippen molar-refractivity contribution < 1.29 is 17.6 Å². The lowest BCUT2D eigenvalue weighted by Crippen LogP contribution is -2.53. The molecule has 116 valence electrons. The van der Waals surface area contributed by atoms with Crippen molar-refractivity contribution in [2.75, 3.05) is 18.8 Å². The van der Waals surface area contributed by atoms with Crippen LogP contribution in [0.15, 0.2) is 22.8 Å². The minimum Gasteiger partial charge on any atom is -0.468 e. The number of likely N-dealkylation sites (tertiary alicyclic amines) is 1. The number of hydrogen-bond donors (Lipinski definition) is 1. The van der Waals surface area contributed by atoms with Gasteiger partial charge in [0, 0.05) is 24.9 Å². The van der Waals surface area contributed by atoms with E-state index in [1.54, 1.807) is 17.0 Å². The van der Waals surface area contributed by atoms with Gasteiger partial charge in [-0.3, -0.25) is 4.79 Å². The summed E-state index contributed by atoms with van der Waals surface area (Å²) in [5, 5.41) is 0. The van der Waals surface area contributed by atoms with E-state index in [1.807, 2.05) is 0 Å². The second-order valence-corrected chi connectivity index (χ2v) is 7.96. The monoisotopic (exact) mass is 312 g/mol. The molecule has 1 aromatic rings. The molecule has 3 rings (SSSR count). The molecular formula is C14H20N2O4S. The lowest BCUT2D eigenvalue weighted by atomic mass is 10.0. The van der Waals surface area contributed by atoms with E-state index in [-0.39, 0.29) is 30.0 Å². The number of amides is 1. The summed E-state index contributed by atoms with van der Waals surface area (Å²) in [4.78, 5) is 13.7. The topological polar surface area (TPSA) is 79.6 Å². The maximum absolute atomic E-state index is 11.9. The average molecular weight is 312 g/mol. The molecule has 2 fully saturated rings. The molecule has 1 aromatic heterocycles. The quantitative estimate of drug-likeness (QED) is 0.843. The average Bonchev–Trinajstić information content (AvgIpc) is 2.90. The minimum absolute atomic E-state index is 0.0390. The molecule has 1 aliphatic heterocycles. The molecule has 7 heteroatoms. The molecule has 6 nitrogen and oxygen atoms in total. The first-order chi connectivity index (χ1) is 9.94. The van der Waals surface area contributed by atoms with Gasteiger partial charge in [-0.05, 0) is 24.5 Å². The second-order valence-electron chi connectivity index (χ2n) is 6.11. The zero-order chi connectivity index (χ0) is 15.0. The molecule has 0 aromatic carbocycles. The van der Waals surface area contributed by atoms with Crippen LogP contribution >= 0.6 is 0 Å². The Bertz CT molecular complexity index is 605. The minimum atomic E-state index is -3.33. The number of nitrogens with zero attached hydrogens (tertiary/aromatic N) is 1. The van der Waals surface area contributed by atoms with Crippen LogP contribution in [0, 0.1) is 17.8 Å². The predicted molar refractivity (Wildman–Crippen MR) is 76.7 cm³/mol. The zero-order valence-corrected chi connectivity index (χ0v) is 12.8. The molecule has 2 aliphatic rings. The molecule has 1 saturated carbocycles. The highest BCUT2D eigenvalue weighted by atomic mass is 32.2. The lowest BCUT2D eigenvalue weighted by Gasteiger charge is -2.39. The maximum Gasteiger partial charge on any atom is 0.225 e. The van der Waals surface area contributed by atoms with Crippen LogP contribution in [0.3, 0.4) is 0 Å². The van der Waals surface area contributed by atoms with Gasteiger partial charge in [0.1, 0.15) is 5.76 Å². The lowest BCUT2D eigenvalue weighted by molar-refractivity contribution is -0.138. The molecule has 0 radical (unpaired) electrons. The third-order valence-electron chi connectivity index (χ3n) is 4.20. The summed E-state index contributed by atoms with van der Waals surface area (Å²) in [6, 6.07) is 3.45. The fourth-order valence-corrected chi connectivity index (χ4v) is 4.03. The van der Waals surface area contributed by atoms with Crippen LogP contribution in [0.5, 0.6) is 0 Å². The SMILES string of the molecule is C[C@@H]1C[C@H]1C(=O)N1CC(CS(=O)(=O)NCc2ccco2)C1. The third kappa shape index (κ3) is 3.47. The second kappa shape index (κ2) is 5.46. The summed E-state index contributed by atoms with van der Waals surface area (Å²) >= 11 is 0. The number of carbonyl (C=O) groups excluding carboxylic acids is 1. The van der Waals surface area contributed by atoms with Crippen molar-refractivity contribution in [1.82, 2.24) is 9.62 Å². The molecule has 0 unspecified atom stereocenters. The number of carbonyl (C=O) groups is 1. The normalized spacial score (nSPS) is 25.7. The van der Waals surface area contributed by atoms with Crippen molar-refractivity contribution in [1.29, 1.82) is 0 Å².